The number of methoxy groups -OCH3 is 1. The van der Waals surface area contributed by atoms with Crippen LogP contribution in [0.25, 0.3) is 0 Å². The Morgan fingerprint density at radius 2 is 1.68 bits per heavy atom. The predicted octanol–water partition coefficient (Wildman–Crippen LogP) is 2.25. The molecule has 0 aliphatic carbocycles. The van der Waals surface area contributed by atoms with Gasteiger partial charge >= 0.3 is 0 Å². The molecule has 4 heteroatoms. The first kappa shape index (κ1) is 16.1. The van der Waals surface area contributed by atoms with E-state index in [2.05, 4.69) is 0 Å². The topological polar surface area (TPSA) is 49.7 Å². The highest BCUT2D eigenvalue weighted by Crippen LogP contribution is 2.33. The molecule has 19 heavy (non-hydrogen) atoms. The van der Waals surface area contributed by atoms with Crippen molar-refractivity contribution in [1.29, 1.82) is 0 Å². The Morgan fingerprint density at radius 3 is 2.16 bits per heavy atom. The van der Waals surface area contributed by atoms with Crippen LogP contribution in [0.2, 0.25) is 0 Å². The molecule has 108 valence electrons. The summed E-state index contributed by atoms with van der Waals surface area (Å²) in [6.45, 7) is 3.25. The van der Waals surface area contributed by atoms with Crippen LogP contribution in [0.4, 0.5) is 4.39 Å². The van der Waals surface area contributed by atoms with Crippen molar-refractivity contribution in [3.8, 4) is 0 Å². The second-order valence-electron chi connectivity index (χ2n) is 5.54. The smallest absolute Gasteiger partial charge is 0.127 e. The molecule has 0 spiro atoms. The fourth-order valence-corrected chi connectivity index (χ4v) is 2.05. The molecule has 0 bridgehead atoms. The molecule has 1 rings (SSSR count). The van der Waals surface area contributed by atoms with Gasteiger partial charge in [-0.15, -0.1) is 0 Å². The van der Waals surface area contributed by atoms with Gasteiger partial charge in [0.25, 0.3) is 0 Å². The Balaban J connectivity index is 3.01. The molecule has 0 aromatic heterocycles. The molecule has 0 unspecified atom stereocenters. The van der Waals surface area contributed by atoms with Gasteiger partial charge in [0, 0.05) is 12.5 Å². The maximum absolute atomic E-state index is 13.9. The first-order chi connectivity index (χ1) is 8.90. The van der Waals surface area contributed by atoms with E-state index in [4.69, 9.17) is 4.74 Å². The van der Waals surface area contributed by atoms with Gasteiger partial charge in [-0.05, 0) is 38.3 Å². The van der Waals surface area contributed by atoms with Gasteiger partial charge in [0.1, 0.15) is 5.82 Å². The average molecular weight is 270 g/mol. The molecule has 0 heterocycles. The van der Waals surface area contributed by atoms with Crippen LogP contribution in [-0.2, 0) is 10.2 Å². The monoisotopic (exact) mass is 270 g/mol. The second-order valence-corrected chi connectivity index (χ2v) is 5.54. The third kappa shape index (κ3) is 3.75. The van der Waals surface area contributed by atoms with E-state index >= 15 is 0 Å². The zero-order chi connectivity index (χ0) is 14.5. The summed E-state index contributed by atoms with van der Waals surface area (Å²) in [7, 11) is 1.61. The van der Waals surface area contributed by atoms with Crippen molar-refractivity contribution in [3.05, 3.63) is 35.6 Å². The molecule has 0 amide bonds. The highest BCUT2D eigenvalue weighted by atomic mass is 19.1. The molecule has 2 N–H and O–H groups in total. The molecule has 3 nitrogen and oxygen atoms in total. The number of ether oxygens (including phenoxy) is 1. The first-order valence-electron chi connectivity index (χ1n) is 6.43. The lowest BCUT2D eigenvalue weighted by molar-refractivity contribution is -0.000177. The molecule has 1 aromatic carbocycles. The Hall–Kier alpha value is -0.970. The zero-order valence-electron chi connectivity index (χ0n) is 11.8. The molecule has 0 saturated heterocycles. The number of aliphatic hydroxyl groups is 2. The molecule has 0 fully saturated rings. The van der Waals surface area contributed by atoms with Crippen LogP contribution >= 0.6 is 0 Å². The summed E-state index contributed by atoms with van der Waals surface area (Å²) < 4.78 is 19.2. The number of hydrogen-bond donors (Lipinski definition) is 2. The Morgan fingerprint density at radius 1 is 1.11 bits per heavy atom. The molecule has 0 atom stereocenters. The Kier molecular flexibility index (Phi) is 5.47. The maximum Gasteiger partial charge on any atom is 0.127 e. The molecular formula is C15H23FO3. The summed E-state index contributed by atoms with van der Waals surface area (Å²) in [6.07, 6.45) is 1.06. The van der Waals surface area contributed by atoms with E-state index < -0.39 is 11.2 Å². The van der Waals surface area contributed by atoms with Crippen LogP contribution in [-0.4, -0.2) is 36.1 Å². The number of benzene rings is 1. The number of halogens is 1. The van der Waals surface area contributed by atoms with Gasteiger partial charge in [-0.2, -0.15) is 0 Å². The van der Waals surface area contributed by atoms with Crippen LogP contribution in [0.5, 0.6) is 0 Å². The SMILES string of the molecule is COC(C)(C)CCC(CO)(CO)c1ccccc1F. The van der Waals surface area contributed by atoms with E-state index in [-0.39, 0.29) is 18.8 Å². The van der Waals surface area contributed by atoms with Gasteiger partial charge in [0.05, 0.1) is 18.8 Å². The van der Waals surface area contributed by atoms with Gasteiger partial charge in [-0.3, -0.25) is 0 Å². The third-order valence-electron chi connectivity index (χ3n) is 3.81. The minimum Gasteiger partial charge on any atom is -0.395 e. The largest absolute Gasteiger partial charge is 0.395 e. The molecule has 1 aromatic rings. The summed E-state index contributed by atoms with van der Waals surface area (Å²) in [6, 6.07) is 6.26. The summed E-state index contributed by atoms with van der Waals surface area (Å²) >= 11 is 0. The first-order valence-corrected chi connectivity index (χ1v) is 6.43. The van der Waals surface area contributed by atoms with E-state index in [1.807, 2.05) is 13.8 Å². The van der Waals surface area contributed by atoms with Gasteiger partial charge in [-0.1, -0.05) is 18.2 Å². The molecule has 0 aliphatic heterocycles. The van der Waals surface area contributed by atoms with E-state index in [0.717, 1.165) is 0 Å². The fraction of sp³-hybridized carbons (Fsp3) is 0.600. The summed E-state index contributed by atoms with van der Waals surface area (Å²) in [5.41, 5.74) is -0.992. The second kappa shape index (κ2) is 6.46. The highest BCUT2D eigenvalue weighted by molar-refractivity contribution is 5.27. The number of hydrogen-bond acceptors (Lipinski definition) is 3. The van der Waals surface area contributed by atoms with Crippen molar-refractivity contribution in [3.63, 3.8) is 0 Å². The van der Waals surface area contributed by atoms with Crippen LogP contribution in [0, 0.1) is 5.82 Å². The van der Waals surface area contributed by atoms with Gasteiger partial charge < -0.3 is 14.9 Å². The minimum atomic E-state index is -0.971. The number of rotatable bonds is 7. The lowest BCUT2D eigenvalue weighted by Gasteiger charge is -2.34. The standard InChI is InChI=1S/C15H23FO3/c1-14(2,19-3)8-9-15(10-17,11-18)12-6-4-5-7-13(12)16/h4-7,17-18H,8-11H2,1-3H3. The molecular weight excluding hydrogens is 247 g/mol. The van der Waals surface area contributed by atoms with Crippen molar-refractivity contribution >= 4 is 0 Å². The van der Waals surface area contributed by atoms with Crippen LogP contribution in [0.15, 0.2) is 24.3 Å². The van der Waals surface area contributed by atoms with Crippen molar-refractivity contribution in [2.45, 2.75) is 37.7 Å². The van der Waals surface area contributed by atoms with Crippen molar-refractivity contribution in [2.24, 2.45) is 0 Å². The van der Waals surface area contributed by atoms with E-state index in [1.54, 1.807) is 25.3 Å². The fourth-order valence-electron chi connectivity index (χ4n) is 2.05. The Bertz CT molecular complexity index is 400. The van der Waals surface area contributed by atoms with E-state index in [1.165, 1.54) is 6.07 Å². The van der Waals surface area contributed by atoms with Crippen molar-refractivity contribution in [2.75, 3.05) is 20.3 Å². The van der Waals surface area contributed by atoms with Gasteiger partial charge in [0.15, 0.2) is 0 Å². The maximum atomic E-state index is 13.9. The van der Waals surface area contributed by atoms with Crippen molar-refractivity contribution < 1.29 is 19.3 Å². The Labute approximate surface area is 114 Å². The van der Waals surface area contributed by atoms with Crippen LogP contribution in [0.1, 0.15) is 32.3 Å². The minimum absolute atomic E-state index is 0.301. The molecule has 0 aliphatic rings. The van der Waals surface area contributed by atoms with E-state index in [9.17, 15) is 14.6 Å². The summed E-state index contributed by atoms with van der Waals surface area (Å²) in [4.78, 5) is 0. The molecule has 0 radical (unpaired) electrons. The lowest BCUT2D eigenvalue weighted by atomic mass is 9.76. The summed E-state index contributed by atoms with van der Waals surface area (Å²) in [5.74, 6) is -0.402. The lowest BCUT2D eigenvalue weighted by Crippen LogP contribution is -2.38. The van der Waals surface area contributed by atoms with Gasteiger partial charge in [-0.25, -0.2) is 4.39 Å². The zero-order valence-corrected chi connectivity index (χ0v) is 11.8. The quantitative estimate of drug-likeness (QED) is 0.799. The molecule has 0 saturated carbocycles. The summed E-state index contributed by atoms with van der Waals surface area (Å²) in [5, 5.41) is 19.3. The average Bonchev–Trinajstić information content (AvgIpc) is 2.42. The van der Waals surface area contributed by atoms with Crippen molar-refractivity contribution in [1.82, 2.24) is 0 Å². The third-order valence-corrected chi connectivity index (χ3v) is 3.81. The van der Waals surface area contributed by atoms with E-state index in [0.29, 0.717) is 18.4 Å². The normalized spacial score (nSPS) is 12.7. The van der Waals surface area contributed by atoms with Gasteiger partial charge in [0.2, 0.25) is 0 Å². The highest BCUT2D eigenvalue weighted by Gasteiger charge is 2.35. The number of aliphatic hydroxyl groups excluding tert-OH is 2. The van der Waals surface area contributed by atoms with Crippen LogP contribution in [0.3, 0.4) is 0 Å². The van der Waals surface area contributed by atoms with Crippen LogP contribution < -0.4 is 0 Å². The predicted molar refractivity (Wildman–Crippen MR) is 72.6 cm³/mol.